The Kier molecular flexibility index (Phi) is 7.40. The summed E-state index contributed by atoms with van der Waals surface area (Å²) in [5, 5.41) is 3.00. The maximum absolute atomic E-state index is 13.3. The van der Waals surface area contributed by atoms with Gasteiger partial charge < -0.3 is 19.9 Å². The summed E-state index contributed by atoms with van der Waals surface area (Å²) in [6, 6.07) is 10.2. The molecule has 38 heavy (non-hydrogen) atoms. The zero-order valence-electron chi connectivity index (χ0n) is 20.7. The molecule has 0 saturated carbocycles. The number of aromatic amines is 1. The lowest BCUT2D eigenvalue weighted by Crippen LogP contribution is -2.45. The molecule has 2 N–H and O–H groups in total. The first-order valence-electron chi connectivity index (χ1n) is 12.5. The highest BCUT2D eigenvalue weighted by atomic mass is 19.4. The number of fused-ring (bicyclic) bond motifs is 1. The van der Waals surface area contributed by atoms with Crippen molar-refractivity contribution in [3.05, 3.63) is 72.3 Å². The number of nitrogens with one attached hydrogen (secondary N) is 2. The van der Waals surface area contributed by atoms with Crippen LogP contribution < -0.4 is 10.2 Å². The fourth-order valence-electron chi connectivity index (χ4n) is 5.33. The SMILES string of the molecule is C=CCO[C@H]1CN(C2CCN(c3ccc(F)cc3)C2)CC1NC(=O)Cc1nc2c(C(F)(F)F)cccc2[nH]1. The topological polar surface area (TPSA) is 73.5 Å². The van der Waals surface area contributed by atoms with Crippen LogP contribution in [0.5, 0.6) is 0 Å². The van der Waals surface area contributed by atoms with Crippen LogP contribution in [0.25, 0.3) is 11.0 Å². The van der Waals surface area contributed by atoms with E-state index in [0.29, 0.717) is 19.7 Å². The Morgan fingerprint density at radius 1 is 1.18 bits per heavy atom. The monoisotopic (exact) mass is 531 g/mol. The van der Waals surface area contributed by atoms with Gasteiger partial charge in [-0.15, -0.1) is 6.58 Å². The largest absolute Gasteiger partial charge is 0.418 e. The van der Waals surface area contributed by atoms with Crippen molar-refractivity contribution >= 4 is 22.6 Å². The third kappa shape index (κ3) is 5.68. The van der Waals surface area contributed by atoms with Crippen LogP contribution in [0.15, 0.2) is 55.1 Å². The molecule has 2 saturated heterocycles. The number of hydrogen-bond donors (Lipinski definition) is 2. The minimum absolute atomic E-state index is 0.165. The standard InChI is InChI=1S/C27H29F4N5O2/c1-2-12-38-23-16-36(19-10-11-35(14-19)18-8-6-17(28)7-9-18)15-22(23)33-25(37)13-24-32-21-5-3-4-20(26(21)34-24)27(29,30)31/h2-9,19,22-23H,1,10-16H2,(H,32,34)(H,33,37)/t19?,22?,23-/m0/s1. The summed E-state index contributed by atoms with van der Waals surface area (Å²) >= 11 is 0. The van der Waals surface area contributed by atoms with E-state index in [1.165, 1.54) is 24.3 Å². The number of ether oxygens (including phenoxy) is 1. The molecule has 2 fully saturated rings. The number of carbonyl (C=O) groups excluding carboxylic acids is 1. The maximum Gasteiger partial charge on any atom is 0.418 e. The molecule has 3 aromatic rings. The van der Waals surface area contributed by atoms with Crippen LogP contribution >= 0.6 is 0 Å². The van der Waals surface area contributed by atoms with Gasteiger partial charge in [0.15, 0.2) is 0 Å². The summed E-state index contributed by atoms with van der Waals surface area (Å²) in [5.41, 5.74) is 0.160. The molecule has 7 nitrogen and oxygen atoms in total. The summed E-state index contributed by atoms with van der Waals surface area (Å²) in [5.74, 6) is -0.456. The number of halogens is 4. The van der Waals surface area contributed by atoms with Gasteiger partial charge in [0.2, 0.25) is 5.91 Å². The molecule has 0 bridgehead atoms. The van der Waals surface area contributed by atoms with Gasteiger partial charge in [0.05, 0.1) is 36.3 Å². The van der Waals surface area contributed by atoms with Gasteiger partial charge >= 0.3 is 6.18 Å². The summed E-state index contributed by atoms with van der Waals surface area (Å²) in [6.07, 6.45) is -2.40. The number of carbonyl (C=O) groups is 1. The molecule has 11 heteroatoms. The average molecular weight is 532 g/mol. The second-order valence-corrected chi connectivity index (χ2v) is 9.71. The molecule has 2 aromatic carbocycles. The number of rotatable bonds is 8. The quantitative estimate of drug-likeness (QED) is 0.341. The Balaban J connectivity index is 1.23. The van der Waals surface area contributed by atoms with Gasteiger partial charge in [-0.2, -0.15) is 13.2 Å². The second kappa shape index (κ2) is 10.7. The van der Waals surface area contributed by atoms with Crippen LogP contribution in [0.4, 0.5) is 23.2 Å². The molecule has 2 aliphatic heterocycles. The highest BCUT2D eigenvalue weighted by molar-refractivity contribution is 5.82. The number of benzene rings is 2. The number of alkyl halides is 3. The molecule has 5 rings (SSSR count). The normalized spacial score (nSPS) is 22.3. The Morgan fingerprint density at radius 3 is 2.71 bits per heavy atom. The van der Waals surface area contributed by atoms with Crippen LogP contribution in [0.3, 0.4) is 0 Å². The summed E-state index contributed by atoms with van der Waals surface area (Å²) in [4.78, 5) is 24.3. The van der Waals surface area contributed by atoms with E-state index in [9.17, 15) is 22.4 Å². The number of nitrogens with zero attached hydrogens (tertiary/aromatic N) is 3. The number of hydrogen-bond acceptors (Lipinski definition) is 5. The van der Waals surface area contributed by atoms with Gasteiger partial charge in [-0.1, -0.05) is 12.1 Å². The first kappa shape index (κ1) is 26.2. The van der Waals surface area contributed by atoms with E-state index in [0.717, 1.165) is 31.3 Å². The van der Waals surface area contributed by atoms with Crippen molar-refractivity contribution in [3.8, 4) is 0 Å². The third-order valence-electron chi connectivity index (χ3n) is 7.14. The number of para-hydroxylation sites is 1. The van der Waals surface area contributed by atoms with E-state index in [2.05, 4.69) is 31.7 Å². The van der Waals surface area contributed by atoms with Gasteiger partial charge in [-0.05, 0) is 42.8 Å². The number of likely N-dealkylation sites (tertiary alicyclic amines) is 1. The fourth-order valence-corrected chi connectivity index (χ4v) is 5.33. The Labute approximate surface area is 217 Å². The highest BCUT2D eigenvalue weighted by Crippen LogP contribution is 2.34. The summed E-state index contributed by atoms with van der Waals surface area (Å²) in [7, 11) is 0. The zero-order valence-corrected chi connectivity index (χ0v) is 20.7. The number of amides is 1. The van der Waals surface area contributed by atoms with Crippen molar-refractivity contribution < 1.29 is 27.1 Å². The van der Waals surface area contributed by atoms with Gasteiger partial charge in [0, 0.05) is 37.9 Å². The lowest BCUT2D eigenvalue weighted by Gasteiger charge is -2.25. The number of H-pyrrole nitrogens is 1. The number of anilines is 1. The van der Waals surface area contributed by atoms with Crippen LogP contribution in [-0.2, 0) is 22.1 Å². The van der Waals surface area contributed by atoms with Crippen LogP contribution in [0.1, 0.15) is 17.8 Å². The highest BCUT2D eigenvalue weighted by Gasteiger charge is 2.40. The van der Waals surface area contributed by atoms with Crippen molar-refractivity contribution in [2.45, 2.75) is 37.2 Å². The van der Waals surface area contributed by atoms with E-state index in [1.807, 2.05) is 0 Å². The number of imidazole rings is 1. The number of aromatic nitrogens is 2. The first-order valence-corrected chi connectivity index (χ1v) is 12.5. The molecule has 0 radical (unpaired) electrons. The van der Waals surface area contributed by atoms with Gasteiger partial charge in [-0.3, -0.25) is 9.69 Å². The van der Waals surface area contributed by atoms with Crippen LogP contribution in [0.2, 0.25) is 0 Å². The predicted molar refractivity (Wildman–Crippen MR) is 135 cm³/mol. The van der Waals surface area contributed by atoms with Crippen molar-refractivity contribution in [2.24, 2.45) is 0 Å². The molecule has 1 amide bonds. The zero-order chi connectivity index (χ0) is 26.9. The molecular weight excluding hydrogens is 502 g/mol. The van der Waals surface area contributed by atoms with E-state index < -0.39 is 11.7 Å². The Morgan fingerprint density at radius 2 is 1.97 bits per heavy atom. The molecule has 3 heterocycles. The molecule has 1 aromatic heterocycles. The Hall–Kier alpha value is -3.44. The first-order chi connectivity index (χ1) is 18.2. The lowest BCUT2D eigenvalue weighted by molar-refractivity contribution is -0.136. The van der Waals surface area contributed by atoms with Crippen molar-refractivity contribution in [2.75, 3.05) is 37.7 Å². The molecule has 3 atom stereocenters. The Bertz CT molecular complexity index is 1290. The second-order valence-electron chi connectivity index (χ2n) is 9.71. The summed E-state index contributed by atoms with van der Waals surface area (Å²) < 4.78 is 59.3. The van der Waals surface area contributed by atoms with Crippen LogP contribution in [-0.4, -0.2) is 71.7 Å². The van der Waals surface area contributed by atoms with Crippen molar-refractivity contribution in [1.29, 1.82) is 0 Å². The molecule has 2 aliphatic rings. The third-order valence-corrected chi connectivity index (χ3v) is 7.14. The lowest BCUT2D eigenvalue weighted by atomic mass is 10.2. The van der Waals surface area contributed by atoms with Crippen molar-refractivity contribution in [3.63, 3.8) is 0 Å². The van der Waals surface area contributed by atoms with Gasteiger partial charge in [0.25, 0.3) is 0 Å². The van der Waals surface area contributed by atoms with E-state index in [4.69, 9.17) is 4.74 Å². The maximum atomic E-state index is 13.3. The fraction of sp³-hybridized carbons (Fsp3) is 0.407. The summed E-state index contributed by atoms with van der Waals surface area (Å²) in [6.45, 7) is 6.86. The van der Waals surface area contributed by atoms with Gasteiger partial charge in [-0.25, -0.2) is 9.37 Å². The van der Waals surface area contributed by atoms with Crippen molar-refractivity contribution in [1.82, 2.24) is 20.2 Å². The molecule has 0 spiro atoms. The smallest absolute Gasteiger partial charge is 0.371 e. The molecule has 0 aliphatic carbocycles. The van der Waals surface area contributed by atoms with Crippen LogP contribution in [0, 0.1) is 5.82 Å². The van der Waals surface area contributed by atoms with E-state index >= 15 is 0 Å². The molecular formula is C27H29F4N5O2. The van der Waals surface area contributed by atoms with E-state index in [1.54, 1.807) is 18.2 Å². The molecule has 2 unspecified atom stereocenters. The average Bonchev–Trinajstić information content (AvgIpc) is 3.60. The van der Waals surface area contributed by atoms with Gasteiger partial charge in [0.1, 0.15) is 17.2 Å². The minimum Gasteiger partial charge on any atom is -0.371 e. The van der Waals surface area contributed by atoms with E-state index in [-0.39, 0.29) is 53.2 Å². The molecule has 202 valence electrons. The minimum atomic E-state index is -4.54. The predicted octanol–water partition coefficient (Wildman–Crippen LogP) is 3.91.